The van der Waals surface area contributed by atoms with Crippen molar-refractivity contribution in [1.82, 2.24) is 5.32 Å². The Labute approximate surface area is 180 Å². The van der Waals surface area contributed by atoms with Gasteiger partial charge in [0.1, 0.15) is 12.4 Å². The van der Waals surface area contributed by atoms with Crippen LogP contribution in [0.25, 0.3) is 0 Å². The van der Waals surface area contributed by atoms with Crippen LogP contribution >= 0.6 is 0 Å². The van der Waals surface area contributed by atoms with E-state index in [1.807, 2.05) is 0 Å². The van der Waals surface area contributed by atoms with Crippen LogP contribution in [0, 0.1) is 0 Å². The topological polar surface area (TPSA) is 112 Å². The van der Waals surface area contributed by atoms with E-state index < -0.39 is 6.16 Å². The monoisotopic (exact) mass is 430 g/mol. The van der Waals surface area contributed by atoms with Gasteiger partial charge in [0, 0.05) is 24.9 Å². The van der Waals surface area contributed by atoms with Crippen LogP contribution in [0.5, 0.6) is 5.75 Å². The lowest BCUT2D eigenvalue weighted by molar-refractivity contribution is -0.126. The zero-order valence-corrected chi connectivity index (χ0v) is 17.5. The van der Waals surface area contributed by atoms with E-state index in [0.29, 0.717) is 31.0 Å². The van der Waals surface area contributed by atoms with Crippen molar-refractivity contribution in [2.45, 2.75) is 13.5 Å². The minimum absolute atomic E-state index is 0.0267. The van der Waals surface area contributed by atoms with Crippen LogP contribution in [-0.4, -0.2) is 51.5 Å². The molecule has 2 aromatic rings. The zero-order valence-electron chi connectivity index (χ0n) is 17.5. The molecule has 2 N–H and O–H groups in total. The summed E-state index contributed by atoms with van der Waals surface area (Å²) in [5, 5.41) is 5.53. The maximum atomic E-state index is 12.4. The standard InChI is InChI=1S/C22H26N2O7/c1-3-30-22(27)31-19-10-6-17(7-11-19)21(26)24-18-8-4-16(5-9-18)14-23-20(25)15-29-13-12-28-2/h4-11H,3,12-15H2,1-2H3,(H,23,25)(H,24,26). The molecule has 0 aliphatic heterocycles. The Balaban J connectivity index is 1.79. The SMILES string of the molecule is CCOC(=O)Oc1ccc(C(=O)Nc2ccc(CNC(=O)COCCOC)cc2)cc1. The van der Waals surface area contributed by atoms with Crippen LogP contribution in [-0.2, 0) is 25.5 Å². The molecule has 0 bridgehead atoms. The normalized spacial score (nSPS) is 10.3. The van der Waals surface area contributed by atoms with Gasteiger partial charge in [-0.3, -0.25) is 9.59 Å². The zero-order chi connectivity index (χ0) is 22.5. The molecule has 0 atom stereocenters. The van der Waals surface area contributed by atoms with E-state index in [4.69, 9.17) is 18.9 Å². The van der Waals surface area contributed by atoms with Crippen LogP contribution in [0.2, 0.25) is 0 Å². The minimum Gasteiger partial charge on any atom is -0.434 e. The third-order valence-electron chi connectivity index (χ3n) is 3.95. The number of rotatable bonds is 11. The number of carbonyl (C=O) groups is 3. The quantitative estimate of drug-likeness (QED) is 0.320. The van der Waals surface area contributed by atoms with Crippen molar-refractivity contribution in [2.24, 2.45) is 0 Å². The highest BCUT2D eigenvalue weighted by molar-refractivity contribution is 6.04. The molecular formula is C22H26N2O7. The van der Waals surface area contributed by atoms with Gasteiger partial charge < -0.3 is 29.6 Å². The number of nitrogens with one attached hydrogen (secondary N) is 2. The molecule has 0 saturated carbocycles. The molecule has 0 heterocycles. The molecule has 31 heavy (non-hydrogen) atoms. The highest BCUT2D eigenvalue weighted by Crippen LogP contribution is 2.15. The smallest absolute Gasteiger partial charge is 0.434 e. The summed E-state index contributed by atoms with van der Waals surface area (Å²) >= 11 is 0. The molecule has 0 aliphatic rings. The van der Waals surface area contributed by atoms with Gasteiger partial charge >= 0.3 is 6.16 Å². The van der Waals surface area contributed by atoms with Crippen molar-refractivity contribution >= 4 is 23.7 Å². The predicted octanol–water partition coefficient (Wildman–Crippen LogP) is 2.75. The average molecular weight is 430 g/mol. The van der Waals surface area contributed by atoms with E-state index in [1.54, 1.807) is 50.4 Å². The van der Waals surface area contributed by atoms with Crippen LogP contribution < -0.4 is 15.4 Å². The van der Waals surface area contributed by atoms with Crippen LogP contribution in [0.15, 0.2) is 48.5 Å². The molecular weight excluding hydrogens is 404 g/mol. The molecule has 0 aliphatic carbocycles. The van der Waals surface area contributed by atoms with Crippen LogP contribution in [0.4, 0.5) is 10.5 Å². The summed E-state index contributed by atoms with van der Waals surface area (Å²) in [6, 6.07) is 13.2. The largest absolute Gasteiger partial charge is 0.513 e. The molecule has 2 aromatic carbocycles. The van der Waals surface area contributed by atoms with Gasteiger partial charge in [0.05, 0.1) is 19.8 Å². The molecule has 2 amide bonds. The number of hydrogen-bond acceptors (Lipinski definition) is 7. The Kier molecular flexibility index (Phi) is 9.99. The summed E-state index contributed by atoms with van der Waals surface area (Å²) in [4.78, 5) is 35.4. The van der Waals surface area contributed by atoms with Gasteiger partial charge in [0.25, 0.3) is 5.91 Å². The van der Waals surface area contributed by atoms with Gasteiger partial charge in [-0.15, -0.1) is 0 Å². The Morgan fingerprint density at radius 3 is 2.29 bits per heavy atom. The highest BCUT2D eigenvalue weighted by Gasteiger charge is 2.09. The molecule has 0 unspecified atom stereocenters. The van der Waals surface area contributed by atoms with Gasteiger partial charge in [-0.05, 0) is 48.9 Å². The predicted molar refractivity (Wildman–Crippen MR) is 113 cm³/mol. The van der Waals surface area contributed by atoms with E-state index in [1.165, 1.54) is 12.1 Å². The van der Waals surface area contributed by atoms with E-state index >= 15 is 0 Å². The first-order valence-corrected chi connectivity index (χ1v) is 9.70. The van der Waals surface area contributed by atoms with Gasteiger partial charge in [-0.1, -0.05) is 12.1 Å². The van der Waals surface area contributed by atoms with Crippen LogP contribution in [0.1, 0.15) is 22.8 Å². The summed E-state index contributed by atoms with van der Waals surface area (Å²) in [5.41, 5.74) is 1.89. The first-order valence-electron chi connectivity index (χ1n) is 9.70. The summed E-state index contributed by atoms with van der Waals surface area (Å²) in [6.45, 7) is 3.01. The first kappa shape index (κ1) is 23.8. The second-order valence-electron chi connectivity index (χ2n) is 6.28. The molecule has 9 heteroatoms. The maximum Gasteiger partial charge on any atom is 0.513 e. The Morgan fingerprint density at radius 2 is 1.65 bits per heavy atom. The number of ether oxygens (including phenoxy) is 4. The van der Waals surface area contributed by atoms with Gasteiger partial charge in [-0.25, -0.2) is 4.79 Å². The van der Waals surface area contributed by atoms with E-state index in [2.05, 4.69) is 10.6 Å². The Bertz CT molecular complexity index is 851. The molecule has 0 spiro atoms. The fourth-order valence-electron chi connectivity index (χ4n) is 2.39. The van der Waals surface area contributed by atoms with Gasteiger partial charge in [0.15, 0.2) is 0 Å². The molecule has 0 saturated heterocycles. The number of hydrogen-bond donors (Lipinski definition) is 2. The number of amides is 2. The van der Waals surface area contributed by atoms with Gasteiger partial charge in [-0.2, -0.15) is 0 Å². The number of anilines is 1. The molecule has 2 rings (SSSR count). The number of methoxy groups -OCH3 is 1. The summed E-state index contributed by atoms with van der Waals surface area (Å²) in [5.74, 6) is -0.244. The lowest BCUT2D eigenvalue weighted by Crippen LogP contribution is -2.27. The lowest BCUT2D eigenvalue weighted by atomic mass is 10.1. The Hall–Kier alpha value is -3.43. The van der Waals surface area contributed by atoms with Crippen molar-refractivity contribution in [1.29, 1.82) is 0 Å². The molecule has 0 fully saturated rings. The summed E-state index contributed by atoms with van der Waals surface area (Å²) in [7, 11) is 1.56. The summed E-state index contributed by atoms with van der Waals surface area (Å²) in [6.07, 6.45) is -0.797. The maximum absolute atomic E-state index is 12.4. The minimum atomic E-state index is -0.797. The van der Waals surface area contributed by atoms with Crippen molar-refractivity contribution in [3.8, 4) is 5.75 Å². The average Bonchev–Trinajstić information content (AvgIpc) is 2.77. The van der Waals surface area contributed by atoms with Crippen molar-refractivity contribution < 1.29 is 33.3 Å². The third-order valence-corrected chi connectivity index (χ3v) is 3.95. The number of benzene rings is 2. The second kappa shape index (κ2) is 13.0. The molecule has 9 nitrogen and oxygen atoms in total. The summed E-state index contributed by atoms with van der Waals surface area (Å²) < 4.78 is 19.6. The lowest BCUT2D eigenvalue weighted by Gasteiger charge is -2.09. The second-order valence-corrected chi connectivity index (χ2v) is 6.28. The Morgan fingerprint density at radius 1 is 0.935 bits per heavy atom. The van der Waals surface area contributed by atoms with Crippen molar-refractivity contribution in [3.63, 3.8) is 0 Å². The van der Waals surface area contributed by atoms with E-state index in [9.17, 15) is 14.4 Å². The highest BCUT2D eigenvalue weighted by atomic mass is 16.7. The fraction of sp³-hybridized carbons (Fsp3) is 0.318. The van der Waals surface area contributed by atoms with Gasteiger partial charge in [0.2, 0.25) is 5.91 Å². The van der Waals surface area contributed by atoms with E-state index in [-0.39, 0.29) is 30.8 Å². The molecule has 0 radical (unpaired) electrons. The third kappa shape index (κ3) is 8.85. The van der Waals surface area contributed by atoms with E-state index in [0.717, 1.165) is 5.56 Å². The van der Waals surface area contributed by atoms with Crippen molar-refractivity contribution in [3.05, 3.63) is 59.7 Å². The molecule has 166 valence electrons. The molecule has 0 aromatic heterocycles. The number of carbonyl (C=O) groups excluding carboxylic acids is 3. The van der Waals surface area contributed by atoms with Crippen molar-refractivity contribution in [2.75, 3.05) is 38.9 Å². The van der Waals surface area contributed by atoms with Crippen LogP contribution in [0.3, 0.4) is 0 Å². The first-order chi connectivity index (χ1) is 15.0. The fourth-order valence-corrected chi connectivity index (χ4v) is 2.39.